The molecule has 2 aromatic heterocycles. The summed E-state index contributed by atoms with van der Waals surface area (Å²) in [7, 11) is 0. The van der Waals surface area contributed by atoms with E-state index < -0.39 is 0 Å². The van der Waals surface area contributed by atoms with Crippen LogP contribution in [0.15, 0.2) is 29.0 Å². The average Bonchev–Trinajstić information content (AvgIpc) is 2.85. The minimum absolute atomic E-state index is 0.244. The quantitative estimate of drug-likeness (QED) is 0.922. The first-order valence-corrected chi connectivity index (χ1v) is 6.97. The second-order valence-corrected chi connectivity index (χ2v) is 5.33. The molecular formula is C11H13BrN4S. The molecule has 0 amide bonds. The van der Waals surface area contributed by atoms with Gasteiger partial charge in [-0.2, -0.15) is 0 Å². The van der Waals surface area contributed by atoms with Gasteiger partial charge in [-0.1, -0.05) is 11.4 Å². The standard InChI is InChI=1S/C11H13BrN4S/c1-2-13-10(11-7-15-16-17-11)5-9-4-3-8(12)6-14-9/h3-4,6-7,10,13H,2,5H2,1H3. The second kappa shape index (κ2) is 6.18. The predicted octanol–water partition coefficient (Wildman–Crippen LogP) is 2.59. The highest BCUT2D eigenvalue weighted by atomic mass is 79.9. The third-order valence-corrected chi connectivity index (χ3v) is 3.62. The van der Waals surface area contributed by atoms with E-state index in [1.54, 1.807) is 0 Å². The fourth-order valence-electron chi connectivity index (χ4n) is 1.58. The Kier molecular flexibility index (Phi) is 4.58. The van der Waals surface area contributed by atoms with E-state index in [4.69, 9.17) is 0 Å². The van der Waals surface area contributed by atoms with E-state index in [-0.39, 0.29) is 6.04 Å². The molecule has 2 heterocycles. The molecule has 90 valence electrons. The van der Waals surface area contributed by atoms with E-state index in [9.17, 15) is 0 Å². The lowest BCUT2D eigenvalue weighted by Crippen LogP contribution is -2.22. The van der Waals surface area contributed by atoms with Gasteiger partial charge in [-0.15, -0.1) is 5.10 Å². The average molecular weight is 313 g/mol. The van der Waals surface area contributed by atoms with Crippen molar-refractivity contribution in [2.75, 3.05) is 6.54 Å². The molecule has 1 N–H and O–H groups in total. The minimum Gasteiger partial charge on any atom is -0.309 e. The van der Waals surface area contributed by atoms with Crippen molar-refractivity contribution in [1.29, 1.82) is 0 Å². The number of nitrogens with zero attached hydrogens (tertiary/aromatic N) is 3. The molecule has 2 aromatic rings. The lowest BCUT2D eigenvalue weighted by Gasteiger charge is -2.14. The summed E-state index contributed by atoms with van der Waals surface area (Å²) in [6.45, 7) is 3.01. The zero-order valence-electron chi connectivity index (χ0n) is 9.43. The molecule has 0 fully saturated rings. The molecule has 2 rings (SSSR count). The Morgan fingerprint density at radius 1 is 1.41 bits per heavy atom. The van der Waals surface area contributed by atoms with Gasteiger partial charge in [0.05, 0.1) is 17.1 Å². The van der Waals surface area contributed by atoms with Crippen molar-refractivity contribution in [3.63, 3.8) is 0 Å². The molecule has 1 atom stereocenters. The van der Waals surface area contributed by atoms with Crippen molar-refractivity contribution >= 4 is 27.5 Å². The second-order valence-electron chi connectivity index (χ2n) is 3.60. The minimum atomic E-state index is 0.244. The van der Waals surface area contributed by atoms with E-state index in [0.29, 0.717) is 0 Å². The summed E-state index contributed by atoms with van der Waals surface area (Å²) in [6, 6.07) is 4.28. The Bertz CT molecular complexity index is 443. The molecule has 0 saturated carbocycles. The fourth-order valence-corrected chi connectivity index (χ4v) is 2.40. The van der Waals surface area contributed by atoms with Crippen LogP contribution in [0.3, 0.4) is 0 Å². The van der Waals surface area contributed by atoms with Crippen molar-refractivity contribution in [3.05, 3.63) is 39.6 Å². The molecule has 6 heteroatoms. The first-order valence-electron chi connectivity index (χ1n) is 5.40. The van der Waals surface area contributed by atoms with Crippen molar-refractivity contribution in [2.45, 2.75) is 19.4 Å². The Labute approximate surface area is 113 Å². The van der Waals surface area contributed by atoms with E-state index >= 15 is 0 Å². The van der Waals surface area contributed by atoms with E-state index in [1.165, 1.54) is 11.5 Å². The Morgan fingerprint density at radius 3 is 2.88 bits per heavy atom. The number of rotatable bonds is 5. The van der Waals surface area contributed by atoms with Crippen LogP contribution < -0.4 is 5.32 Å². The van der Waals surface area contributed by atoms with Crippen LogP contribution in [0.5, 0.6) is 0 Å². The van der Waals surface area contributed by atoms with Crippen LogP contribution in [-0.4, -0.2) is 21.1 Å². The van der Waals surface area contributed by atoms with Crippen molar-refractivity contribution < 1.29 is 0 Å². The molecule has 4 nitrogen and oxygen atoms in total. The number of likely N-dealkylation sites (N-methyl/N-ethyl adjacent to an activating group) is 1. The van der Waals surface area contributed by atoms with Crippen LogP contribution in [-0.2, 0) is 6.42 Å². The lowest BCUT2D eigenvalue weighted by molar-refractivity contribution is 0.551. The van der Waals surface area contributed by atoms with Gasteiger partial charge in [0.15, 0.2) is 0 Å². The van der Waals surface area contributed by atoms with Crippen LogP contribution in [0.4, 0.5) is 0 Å². The molecule has 0 aliphatic rings. The van der Waals surface area contributed by atoms with Gasteiger partial charge in [0, 0.05) is 22.8 Å². The molecule has 0 aromatic carbocycles. The van der Waals surface area contributed by atoms with Gasteiger partial charge in [0.25, 0.3) is 0 Å². The van der Waals surface area contributed by atoms with Crippen molar-refractivity contribution in [3.8, 4) is 0 Å². The van der Waals surface area contributed by atoms with Gasteiger partial charge in [-0.05, 0) is 46.1 Å². The summed E-state index contributed by atoms with van der Waals surface area (Å²) >= 11 is 4.82. The van der Waals surface area contributed by atoms with Gasteiger partial charge in [-0.25, -0.2) is 0 Å². The van der Waals surface area contributed by atoms with Crippen molar-refractivity contribution in [1.82, 2.24) is 19.9 Å². The van der Waals surface area contributed by atoms with Gasteiger partial charge in [0.2, 0.25) is 0 Å². The Hall–Kier alpha value is -0.850. The molecule has 17 heavy (non-hydrogen) atoms. The Morgan fingerprint density at radius 2 is 2.29 bits per heavy atom. The summed E-state index contributed by atoms with van der Waals surface area (Å²) in [5.74, 6) is 0. The summed E-state index contributed by atoms with van der Waals surface area (Å²) < 4.78 is 4.91. The number of aromatic nitrogens is 3. The normalized spacial score (nSPS) is 12.6. The predicted molar refractivity (Wildman–Crippen MR) is 72.0 cm³/mol. The van der Waals surface area contributed by atoms with Gasteiger partial charge in [0.1, 0.15) is 0 Å². The molecular weight excluding hydrogens is 300 g/mol. The summed E-state index contributed by atoms with van der Waals surface area (Å²) in [6.07, 6.45) is 4.49. The number of halogens is 1. The van der Waals surface area contributed by atoms with E-state index in [1.807, 2.05) is 24.5 Å². The SMILES string of the molecule is CCNC(Cc1ccc(Br)cn1)c1cnns1. The van der Waals surface area contributed by atoms with Crippen LogP contribution >= 0.6 is 27.5 Å². The molecule has 0 bridgehead atoms. The molecule has 0 spiro atoms. The molecule has 0 saturated heterocycles. The molecule has 0 aliphatic heterocycles. The summed E-state index contributed by atoms with van der Waals surface area (Å²) in [5, 5.41) is 7.31. The van der Waals surface area contributed by atoms with Crippen LogP contribution in [0.2, 0.25) is 0 Å². The van der Waals surface area contributed by atoms with Gasteiger partial charge < -0.3 is 5.32 Å². The smallest absolute Gasteiger partial charge is 0.0669 e. The van der Waals surface area contributed by atoms with Crippen LogP contribution in [0.25, 0.3) is 0 Å². The number of hydrogen-bond acceptors (Lipinski definition) is 5. The molecule has 0 aliphatic carbocycles. The first-order chi connectivity index (χ1) is 8.29. The number of hydrogen-bond donors (Lipinski definition) is 1. The maximum Gasteiger partial charge on any atom is 0.0669 e. The highest BCUT2D eigenvalue weighted by molar-refractivity contribution is 9.10. The molecule has 1 unspecified atom stereocenters. The maximum atomic E-state index is 4.39. The summed E-state index contributed by atoms with van der Waals surface area (Å²) in [5.41, 5.74) is 1.06. The topological polar surface area (TPSA) is 50.7 Å². The summed E-state index contributed by atoms with van der Waals surface area (Å²) in [4.78, 5) is 5.54. The maximum absolute atomic E-state index is 4.39. The van der Waals surface area contributed by atoms with Crippen LogP contribution in [0, 0.1) is 0 Å². The highest BCUT2D eigenvalue weighted by Crippen LogP contribution is 2.20. The third kappa shape index (κ3) is 3.55. The Balaban J connectivity index is 2.10. The van der Waals surface area contributed by atoms with Gasteiger partial charge >= 0.3 is 0 Å². The van der Waals surface area contributed by atoms with E-state index in [0.717, 1.165) is 28.0 Å². The third-order valence-electron chi connectivity index (χ3n) is 2.37. The lowest BCUT2D eigenvalue weighted by atomic mass is 10.1. The fraction of sp³-hybridized carbons (Fsp3) is 0.364. The van der Waals surface area contributed by atoms with Gasteiger partial charge in [-0.3, -0.25) is 4.98 Å². The van der Waals surface area contributed by atoms with E-state index in [2.05, 4.69) is 42.7 Å². The first kappa shape index (κ1) is 12.6. The number of pyridine rings is 1. The number of nitrogens with one attached hydrogen (secondary N) is 1. The zero-order chi connectivity index (χ0) is 12.1. The highest BCUT2D eigenvalue weighted by Gasteiger charge is 2.14. The van der Waals surface area contributed by atoms with Crippen LogP contribution in [0.1, 0.15) is 23.5 Å². The monoisotopic (exact) mass is 312 g/mol. The zero-order valence-corrected chi connectivity index (χ0v) is 11.8. The largest absolute Gasteiger partial charge is 0.309 e. The van der Waals surface area contributed by atoms with Crippen molar-refractivity contribution in [2.24, 2.45) is 0 Å². The molecule has 0 radical (unpaired) electrons.